The molecule has 0 saturated carbocycles. The van der Waals surface area contributed by atoms with Crippen LogP contribution in [0.15, 0.2) is 11.9 Å². The van der Waals surface area contributed by atoms with Crippen LogP contribution < -0.4 is 5.32 Å². The van der Waals surface area contributed by atoms with Gasteiger partial charge in [0, 0.05) is 19.8 Å². The molecule has 0 atom stereocenters. The average molecular weight is 313 g/mol. The van der Waals surface area contributed by atoms with Crippen LogP contribution in [0.2, 0.25) is 0 Å². The third kappa shape index (κ3) is 5.94. The fraction of sp³-hybridized carbons (Fsp3) is 0.571. The van der Waals surface area contributed by atoms with Gasteiger partial charge in [-0.2, -0.15) is 0 Å². The smallest absolute Gasteiger partial charge is 0.358 e. The fourth-order valence-electron chi connectivity index (χ4n) is 1.62. The Bertz CT molecular complexity index is 459. The molecule has 8 heteroatoms. The molecule has 0 aliphatic heterocycles. The zero-order chi connectivity index (χ0) is 17.1. The molecule has 0 aliphatic rings. The molecule has 2 N–H and O–H groups in total. The number of hydrogen-bond donors (Lipinski definition) is 2. The minimum Gasteiger partial charge on any atom is -0.469 e. The maximum absolute atomic E-state index is 12.3. The lowest BCUT2D eigenvalue weighted by molar-refractivity contribution is -0.146. The van der Waals surface area contributed by atoms with Gasteiger partial charge in [-0.15, -0.1) is 0 Å². The number of nitrogens with zero attached hydrogens (tertiary/aromatic N) is 1. The first-order valence-corrected chi connectivity index (χ1v) is 6.84. The van der Waals surface area contributed by atoms with E-state index in [4.69, 9.17) is 5.41 Å². The third-order valence-corrected chi connectivity index (χ3v) is 2.78. The van der Waals surface area contributed by atoms with Crippen molar-refractivity contribution >= 4 is 23.6 Å². The van der Waals surface area contributed by atoms with Gasteiger partial charge >= 0.3 is 11.9 Å². The summed E-state index contributed by atoms with van der Waals surface area (Å²) < 4.78 is 8.99. The molecule has 0 bridgehead atoms. The SMILES string of the molecule is CCCCN(C(=O)CC(=O)OC)/C(=C/NC)C(=N)C(=O)OC. The summed E-state index contributed by atoms with van der Waals surface area (Å²) in [7, 11) is 3.92. The molecule has 0 saturated heterocycles. The van der Waals surface area contributed by atoms with Gasteiger partial charge in [0.25, 0.3) is 0 Å². The van der Waals surface area contributed by atoms with Crippen LogP contribution in [-0.2, 0) is 23.9 Å². The molecule has 0 aromatic heterocycles. The Morgan fingerprint density at radius 2 is 1.86 bits per heavy atom. The second-order valence-electron chi connectivity index (χ2n) is 4.34. The summed E-state index contributed by atoms with van der Waals surface area (Å²) in [5.74, 6) is -2.09. The van der Waals surface area contributed by atoms with Crippen LogP contribution in [0.25, 0.3) is 0 Å². The highest BCUT2D eigenvalue weighted by molar-refractivity contribution is 6.42. The molecular weight excluding hydrogens is 290 g/mol. The number of carbonyl (C=O) groups excluding carboxylic acids is 3. The Hall–Kier alpha value is -2.38. The Morgan fingerprint density at radius 3 is 2.32 bits per heavy atom. The Labute approximate surface area is 130 Å². The highest BCUT2D eigenvalue weighted by atomic mass is 16.5. The summed E-state index contributed by atoms with van der Waals surface area (Å²) in [5, 5.41) is 10.5. The van der Waals surface area contributed by atoms with Gasteiger partial charge in [0.2, 0.25) is 5.91 Å². The molecule has 0 heterocycles. The van der Waals surface area contributed by atoms with Crippen molar-refractivity contribution in [1.82, 2.24) is 10.2 Å². The van der Waals surface area contributed by atoms with Crippen molar-refractivity contribution in [2.24, 2.45) is 0 Å². The largest absolute Gasteiger partial charge is 0.469 e. The predicted molar refractivity (Wildman–Crippen MR) is 80.1 cm³/mol. The van der Waals surface area contributed by atoms with Gasteiger partial charge in [-0.3, -0.25) is 15.0 Å². The first-order valence-electron chi connectivity index (χ1n) is 6.84. The molecule has 0 aromatic rings. The molecule has 0 aromatic carbocycles. The van der Waals surface area contributed by atoms with Crippen LogP contribution in [0.3, 0.4) is 0 Å². The Morgan fingerprint density at radius 1 is 1.23 bits per heavy atom. The number of unbranched alkanes of at least 4 members (excludes halogenated alkanes) is 1. The van der Waals surface area contributed by atoms with Crippen molar-refractivity contribution in [3.05, 3.63) is 11.9 Å². The van der Waals surface area contributed by atoms with Crippen LogP contribution >= 0.6 is 0 Å². The average Bonchev–Trinajstić information content (AvgIpc) is 2.52. The number of rotatable bonds is 9. The zero-order valence-electron chi connectivity index (χ0n) is 13.4. The summed E-state index contributed by atoms with van der Waals surface area (Å²) in [6, 6.07) is 0. The molecule has 0 fully saturated rings. The van der Waals surface area contributed by atoms with Crippen LogP contribution in [0, 0.1) is 5.41 Å². The second kappa shape index (κ2) is 10.4. The normalized spacial score (nSPS) is 10.6. The first-order chi connectivity index (χ1) is 10.4. The van der Waals surface area contributed by atoms with Gasteiger partial charge in [0.05, 0.1) is 19.9 Å². The number of esters is 2. The molecule has 0 unspecified atom stereocenters. The minimum atomic E-state index is -0.867. The lowest BCUT2D eigenvalue weighted by atomic mass is 10.2. The molecule has 0 rings (SSSR count). The lowest BCUT2D eigenvalue weighted by Crippen LogP contribution is -2.38. The maximum Gasteiger partial charge on any atom is 0.358 e. The molecule has 0 spiro atoms. The van der Waals surface area contributed by atoms with Crippen LogP contribution in [0.1, 0.15) is 26.2 Å². The van der Waals surface area contributed by atoms with E-state index in [0.717, 1.165) is 13.5 Å². The number of amides is 1. The topological polar surface area (TPSA) is 109 Å². The van der Waals surface area contributed by atoms with E-state index in [1.54, 1.807) is 7.05 Å². The van der Waals surface area contributed by atoms with E-state index >= 15 is 0 Å². The first kappa shape index (κ1) is 19.6. The lowest BCUT2D eigenvalue weighted by Gasteiger charge is -2.25. The van der Waals surface area contributed by atoms with Crippen LogP contribution in [0.5, 0.6) is 0 Å². The van der Waals surface area contributed by atoms with E-state index in [2.05, 4.69) is 14.8 Å². The van der Waals surface area contributed by atoms with Crippen molar-refractivity contribution in [2.45, 2.75) is 26.2 Å². The van der Waals surface area contributed by atoms with Crippen molar-refractivity contribution in [3.63, 3.8) is 0 Å². The monoisotopic (exact) mass is 313 g/mol. The summed E-state index contributed by atoms with van der Waals surface area (Å²) >= 11 is 0. The van der Waals surface area contributed by atoms with E-state index in [1.807, 2.05) is 6.92 Å². The van der Waals surface area contributed by atoms with Gasteiger partial charge < -0.3 is 19.7 Å². The van der Waals surface area contributed by atoms with E-state index < -0.39 is 30.0 Å². The van der Waals surface area contributed by atoms with Gasteiger partial charge in [-0.25, -0.2) is 4.79 Å². The van der Waals surface area contributed by atoms with Crippen LogP contribution in [0.4, 0.5) is 0 Å². The molecule has 1 amide bonds. The second-order valence-corrected chi connectivity index (χ2v) is 4.34. The van der Waals surface area contributed by atoms with Crippen molar-refractivity contribution in [3.8, 4) is 0 Å². The number of methoxy groups -OCH3 is 2. The van der Waals surface area contributed by atoms with Crippen molar-refractivity contribution < 1.29 is 23.9 Å². The zero-order valence-corrected chi connectivity index (χ0v) is 13.4. The summed E-state index contributed by atoms with van der Waals surface area (Å²) in [4.78, 5) is 36.3. The van der Waals surface area contributed by atoms with E-state index in [9.17, 15) is 14.4 Å². The highest BCUT2D eigenvalue weighted by Crippen LogP contribution is 2.11. The molecule has 0 aliphatic carbocycles. The number of nitrogens with one attached hydrogen (secondary N) is 2. The van der Waals surface area contributed by atoms with Crippen molar-refractivity contribution in [1.29, 1.82) is 5.41 Å². The van der Waals surface area contributed by atoms with E-state index in [1.165, 1.54) is 18.2 Å². The van der Waals surface area contributed by atoms with Gasteiger partial charge in [-0.05, 0) is 6.42 Å². The van der Waals surface area contributed by atoms with Gasteiger partial charge in [-0.1, -0.05) is 13.3 Å². The fourth-order valence-corrected chi connectivity index (χ4v) is 1.62. The van der Waals surface area contributed by atoms with Crippen LogP contribution in [-0.4, -0.2) is 56.3 Å². The standard InChI is InChI=1S/C14H23N3O5/c1-5-6-7-17(11(18)8-12(19)21-3)10(9-16-2)13(15)14(20)22-4/h9,15-16H,5-8H2,1-4H3/b10-9+,15-13?. The maximum atomic E-state index is 12.3. The highest BCUT2D eigenvalue weighted by Gasteiger charge is 2.26. The van der Waals surface area contributed by atoms with E-state index in [-0.39, 0.29) is 12.2 Å². The third-order valence-electron chi connectivity index (χ3n) is 2.78. The summed E-state index contributed by atoms with van der Waals surface area (Å²) in [6.45, 7) is 2.22. The molecular formula is C14H23N3O5. The number of hydrogen-bond acceptors (Lipinski definition) is 7. The quantitative estimate of drug-likeness (QED) is 0.363. The number of ether oxygens (including phenoxy) is 2. The summed E-state index contributed by atoms with van der Waals surface area (Å²) in [5.41, 5.74) is -0.414. The molecule has 124 valence electrons. The Kier molecular flexibility index (Phi) is 9.24. The Balaban J connectivity index is 5.44. The molecule has 22 heavy (non-hydrogen) atoms. The summed E-state index contributed by atoms with van der Waals surface area (Å²) in [6.07, 6.45) is 2.35. The van der Waals surface area contributed by atoms with E-state index in [0.29, 0.717) is 6.42 Å². The van der Waals surface area contributed by atoms with Crippen molar-refractivity contribution in [2.75, 3.05) is 27.8 Å². The van der Waals surface area contributed by atoms with Gasteiger partial charge in [0.1, 0.15) is 6.42 Å². The van der Waals surface area contributed by atoms with Gasteiger partial charge in [0.15, 0.2) is 5.71 Å². The predicted octanol–water partition coefficient (Wildman–Crippen LogP) is 0.432. The molecule has 8 nitrogen and oxygen atoms in total. The number of carbonyl (C=O) groups is 3. The minimum absolute atomic E-state index is 0.0525. The molecule has 0 radical (unpaired) electrons.